The van der Waals surface area contributed by atoms with Crippen molar-refractivity contribution < 1.29 is 22.7 Å². The van der Waals surface area contributed by atoms with E-state index < -0.39 is 35.4 Å². The molecule has 1 saturated heterocycles. The molecule has 0 spiro atoms. The van der Waals surface area contributed by atoms with Crippen LogP contribution in [0.3, 0.4) is 0 Å². The second kappa shape index (κ2) is 6.63. The molecule has 1 heterocycles. The molecule has 4 nitrogen and oxygen atoms in total. The Morgan fingerprint density at radius 1 is 1.25 bits per heavy atom. The summed E-state index contributed by atoms with van der Waals surface area (Å²) in [5.41, 5.74) is 5.01. The zero-order chi connectivity index (χ0) is 18.1. The van der Waals surface area contributed by atoms with Crippen molar-refractivity contribution in [1.29, 1.82) is 0 Å². The lowest BCUT2D eigenvalue weighted by molar-refractivity contribution is -0.138. The Kier molecular flexibility index (Phi) is 5.13. The maximum Gasteiger partial charge on any atom is 0.416 e. The number of halogens is 3. The number of rotatable bonds is 1. The summed E-state index contributed by atoms with van der Waals surface area (Å²) in [4.78, 5) is 13.6. The maximum atomic E-state index is 13.2. The van der Waals surface area contributed by atoms with Gasteiger partial charge in [-0.05, 0) is 38.8 Å². The van der Waals surface area contributed by atoms with E-state index in [1.54, 1.807) is 26.8 Å². The fourth-order valence-corrected chi connectivity index (χ4v) is 2.94. The number of benzene rings is 1. The molecule has 1 aromatic carbocycles. The Hall–Kier alpha value is -1.76. The lowest BCUT2D eigenvalue weighted by Gasteiger charge is -2.38. The van der Waals surface area contributed by atoms with E-state index in [4.69, 9.17) is 10.5 Å². The van der Waals surface area contributed by atoms with Crippen LogP contribution in [0, 0.1) is 0 Å². The van der Waals surface area contributed by atoms with Crippen molar-refractivity contribution in [3.63, 3.8) is 0 Å². The number of amides is 1. The molecular formula is C17H23F3N2O2. The van der Waals surface area contributed by atoms with Gasteiger partial charge in [0, 0.05) is 25.0 Å². The molecule has 2 unspecified atom stereocenters. The molecular weight excluding hydrogens is 321 g/mol. The summed E-state index contributed by atoms with van der Waals surface area (Å²) >= 11 is 0. The second-order valence-electron chi connectivity index (χ2n) is 7.07. The molecule has 0 aliphatic carbocycles. The van der Waals surface area contributed by atoms with Crippen LogP contribution >= 0.6 is 0 Å². The van der Waals surface area contributed by atoms with Gasteiger partial charge in [0.1, 0.15) is 5.60 Å². The van der Waals surface area contributed by atoms with E-state index in [-0.39, 0.29) is 12.1 Å². The van der Waals surface area contributed by atoms with Crippen molar-refractivity contribution in [2.24, 2.45) is 5.73 Å². The minimum absolute atomic E-state index is 0.172. The molecule has 1 aliphatic rings. The molecule has 7 heteroatoms. The number of likely N-dealkylation sites (tertiary alicyclic amines) is 1. The normalized spacial score (nSPS) is 22.4. The van der Waals surface area contributed by atoms with E-state index in [1.165, 1.54) is 17.0 Å². The fourth-order valence-electron chi connectivity index (χ4n) is 2.94. The Morgan fingerprint density at radius 3 is 2.42 bits per heavy atom. The fraction of sp³-hybridized carbons (Fsp3) is 0.588. The molecule has 134 valence electrons. The molecule has 0 radical (unpaired) electrons. The van der Waals surface area contributed by atoms with Crippen LogP contribution < -0.4 is 5.73 Å². The van der Waals surface area contributed by atoms with Gasteiger partial charge in [-0.1, -0.05) is 18.2 Å². The van der Waals surface area contributed by atoms with E-state index in [2.05, 4.69) is 0 Å². The minimum atomic E-state index is -4.42. The first-order chi connectivity index (χ1) is 11.0. The molecule has 1 aliphatic heterocycles. The molecule has 24 heavy (non-hydrogen) atoms. The van der Waals surface area contributed by atoms with Crippen molar-refractivity contribution >= 4 is 6.09 Å². The number of ether oxygens (including phenoxy) is 1. The van der Waals surface area contributed by atoms with Crippen molar-refractivity contribution in [2.45, 2.75) is 50.9 Å². The highest BCUT2D eigenvalue weighted by Crippen LogP contribution is 2.38. The summed E-state index contributed by atoms with van der Waals surface area (Å²) in [5, 5.41) is 0. The lowest BCUT2D eigenvalue weighted by Crippen LogP contribution is -2.51. The van der Waals surface area contributed by atoms with Gasteiger partial charge < -0.3 is 15.4 Å². The zero-order valence-electron chi connectivity index (χ0n) is 14.1. The van der Waals surface area contributed by atoms with Crippen molar-refractivity contribution in [1.82, 2.24) is 4.90 Å². The van der Waals surface area contributed by atoms with Crippen LogP contribution in [0.2, 0.25) is 0 Å². The second-order valence-corrected chi connectivity index (χ2v) is 7.07. The average molecular weight is 344 g/mol. The van der Waals surface area contributed by atoms with Crippen LogP contribution in [0.1, 0.15) is 44.2 Å². The summed E-state index contributed by atoms with van der Waals surface area (Å²) in [6.45, 7) is 5.77. The highest BCUT2D eigenvalue weighted by atomic mass is 19.4. The summed E-state index contributed by atoms with van der Waals surface area (Å²) < 4.78 is 44.9. The summed E-state index contributed by atoms with van der Waals surface area (Å²) in [6, 6.07) is 4.92. The topological polar surface area (TPSA) is 55.6 Å². The van der Waals surface area contributed by atoms with Crippen molar-refractivity contribution in [3.8, 4) is 0 Å². The molecule has 2 N–H and O–H groups in total. The molecule has 0 saturated carbocycles. The standard InChI is InChI=1S/C17H23F3N2O2/c1-16(2,3)24-15(23)22-9-8-12(14(21)10-22)11-6-4-5-7-13(11)17(18,19)20/h4-7,12,14H,8-10,21H2,1-3H3. The third kappa shape index (κ3) is 4.41. The van der Waals surface area contributed by atoms with Crippen LogP contribution in [0.25, 0.3) is 0 Å². The number of carbonyl (C=O) groups is 1. The highest BCUT2D eigenvalue weighted by Gasteiger charge is 2.39. The summed E-state index contributed by atoms with van der Waals surface area (Å²) in [6.07, 6.45) is -4.54. The van der Waals surface area contributed by atoms with Crippen LogP contribution in [0.15, 0.2) is 24.3 Å². The lowest BCUT2D eigenvalue weighted by atomic mass is 9.83. The van der Waals surface area contributed by atoms with Crippen LogP contribution in [0.5, 0.6) is 0 Å². The molecule has 1 amide bonds. The van der Waals surface area contributed by atoms with Gasteiger partial charge in [-0.3, -0.25) is 0 Å². The van der Waals surface area contributed by atoms with Gasteiger partial charge in [-0.15, -0.1) is 0 Å². The van der Waals surface area contributed by atoms with Gasteiger partial charge in [0.25, 0.3) is 0 Å². The van der Waals surface area contributed by atoms with E-state index in [0.29, 0.717) is 13.0 Å². The predicted octanol–water partition coefficient (Wildman–Crippen LogP) is 3.76. The summed E-state index contributed by atoms with van der Waals surface area (Å²) in [5.74, 6) is -0.443. The first-order valence-corrected chi connectivity index (χ1v) is 7.88. The first-order valence-electron chi connectivity index (χ1n) is 7.88. The summed E-state index contributed by atoms with van der Waals surface area (Å²) in [7, 11) is 0. The number of carbonyl (C=O) groups excluding carboxylic acids is 1. The minimum Gasteiger partial charge on any atom is -0.444 e. The van der Waals surface area contributed by atoms with Gasteiger partial charge >= 0.3 is 12.3 Å². The van der Waals surface area contributed by atoms with E-state index >= 15 is 0 Å². The monoisotopic (exact) mass is 344 g/mol. The van der Waals surface area contributed by atoms with Gasteiger partial charge in [-0.2, -0.15) is 13.2 Å². The number of nitrogens with zero attached hydrogens (tertiary/aromatic N) is 1. The number of hydrogen-bond donors (Lipinski definition) is 1. The van der Waals surface area contributed by atoms with Crippen molar-refractivity contribution in [2.75, 3.05) is 13.1 Å². The number of nitrogens with two attached hydrogens (primary N) is 1. The number of hydrogen-bond acceptors (Lipinski definition) is 3. The Bertz CT molecular complexity index is 596. The SMILES string of the molecule is CC(C)(C)OC(=O)N1CCC(c2ccccc2C(F)(F)F)C(N)C1. The Labute approximate surface area is 139 Å². The molecule has 0 bridgehead atoms. The maximum absolute atomic E-state index is 13.2. The smallest absolute Gasteiger partial charge is 0.416 e. The zero-order valence-corrected chi connectivity index (χ0v) is 14.1. The largest absolute Gasteiger partial charge is 0.444 e. The molecule has 1 aromatic rings. The number of alkyl halides is 3. The number of piperidine rings is 1. The average Bonchev–Trinajstić information content (AvgIpc) is 2.44. The van der Waals surface area contributed by atoms with Gasteiger partial charge in [0.15, 0.2) is 0 Å². The van der Waals surface area contributed by atoms with E-state index in [9.17, 15) is 18.0 Å². The van der Waals surface area contributed by atoms with E-state index in [1.807, 2.05) is 0 Å². The van der Waals surface area contributed by atoms with Gasteiger partial charge in [0.05, 0.1) is 5.56 Å². The molecule has 1 fully saturated rings. The predicted molar refractivity (Wildman–Crippen MR) is 84.6 cm³/mol. The van der Waals surface area contributed by atoms with Gasteiger partial charge in [-0.25, -0.2) is 4.79 Å². The third-order valence-corrected chi connectivity index (χ3v) is 3.98. The quantitative estimate of drug-likeness (QED) is 0.844. The Balaban J connectivity index is 2.14. The molecule has 2 atom stereocenters. The van der Waals surface area contributed by atoms with Gasteiger partial charge in [0.2, 0.25) is 0 Å². The highest BCUT2D eigenvalue weighted by molar-refractivity contribution is 5.68. The molecule has 0 aromatic heterocycles. The molecule has 2 rings (SSSR count). The van der Waals surface area contributed by atoms with Crippen LogP contribution in [-0.2, 0) is 10.9 Å². The van der Waals surface area contributed by atoms with E-state index in [0.717, 1.165) is 6.07 Å². The van der Waals surface area contributed by atoms with Crippen LogP contribution in [-0.4, -0.2) is 35.7 Å². The van der Waals surface area contributed by atoms with Crippen molar-refractivity contribution in [3.05, 3.63) is 35.4 Å². The van der Waals surface area contributed by atoms with Crippen LogP contribution in [0.4, 0.5) is 18.0 Å². The Morgan fingerprint density at radius 2 is 1.88 bits per heavy atom. The third-order valence-electron chi connectivity index (χ3n) is 3.98. The first kappa shape index (κ1) is 18.6.